The molecule has 1 N–H and O–H groups in total. The van der Waals surface area contributed by atoms with Gasteiger partial charge in [-0.25, -0.2) is 4.39 Å². The van der Waals surface area contributed by atoms with E-state index in [1.54, 1.807) is 6.92 Å². The maximum absolute atomic E-state index is 12.1. The Morgan fingerprint density at radius 2 is 1.86 bits per heavy atom. The number of nitrogens with one attached hydrogen (secondary N) is 1. The highest BCUT2D eigenvalue weighted by Gasteiger charge is 2.30. The molecule has 0 aromatic carbocycles. The van der Waals surface area contributed by atoms with E-state index >= 15 is 0 Å². The number of hydrogen-bond acceptors (Lipinski definition) is 1. The molecule has 44 valence electrons. The molecule has 1 fully saturated rings. The van der Waals surface area contributed by atoms with Gasteiger partial charge >= 0.3 is 0 Å². The molecule has 1 aliphatic heterocycles. The normalized spacial score (nSPS) is 24.9. The highest BCUT2D eigenvalue weighted by molar-refractivity contribution is 5.85. The smallest absolute Gasteiger partial charge is 0.132 e. The minimum atomic E-state index is -0.889. The average Bonchev–Trinajstić information content (AvgIpc) is 1.32. The number of halogens is 2. The summed E-state index contributed by atoms with van der Waals surface area (Å²) in [5, 5.41) is 2.83. The predicted molar refractivity (Wildman–Crippen MR) is 29.6 cm³/mol. The van der Waals surface area contributed by atoms with Gasteiger partial charge < -0.3 is 5.32 Å². The van der Waals surface area contributed by atoms with Gasteiger partial charge in [0.1, 0.15) is 5.67 Å². The molecule has 7 heavy (non-hydrogen) atoms. The first-order chi connectivity index (χ1) is 2.71. The van der Waals surface area contributed by atoms with Crippen LogP contribution in [0.15, 0.2) is 0 Å². The summed E-state index contributed by atoms with van der Waals surface area (Å²) in [6.45, 7) is 2.67. The average molecular weight is 126 g/mol. The zero-order valence-electron chi connectivity index (χ0n) is 4.20. The van der Waals surface area contributed by atoms with Crippen LogP contribution < -0.4 is 5.32 Å². The van der Waals surface area contributed by atoms with E-state index in [9.17, 15) is 4.39 Å². The van der Waals surface area contributed by atoms with Gasteiger partial charge in [-0.2, -0.15) is 0 Å². The van der Waals surface area contributed by atoms with E-state index in [0.29, 0.717) is 13.1 Å². The van der Waals surface area contributed by atoms with Crippen LogP contribution >= 0.6 is 12.4 Å². The maximum Gasteiger partial charge on any atom is 0.132 e. The standard InChI is InChI=1S/C4H8FN.ClH/c1-4(5)2-6-3-4;/h6H,2-3H2,1H3;1H. The summed E-state index contributed by atoms with van der Waals surface area (Å²) in [7, 11) is 0. The van der Waals surface area contributed by atoms with Gasteiger partial charge in [0, 0.05) is 13.1 Å². The highest BCUT2D eigenvalue weighted by atomic mass is 35.5. The molecule has 1 nitrogen and oxygen atoms in total. The SMILES string of the molecule is CC1(F)CNC1.Cl. The first-order valence-corrected chi connectivity index (χ1v) is 2.10. The van der Waals surface area contributed by atoms with Gasteiger partial charge in [0.15, 0.2) is 0 Å². The van der Waals surface area contributed by atoms with E-state index < -0.39 is 5.67 Å². The monoisotopic (exact) mass is 125 g/mol. The van der Waals surface area contributed by atoms with Crippen LogP contribution in [0.25, 0.3) is 0 Å². The Hall–Kier alpha value is 0.180. The minimum absolute atomic E-state index is 0. The van der Waals surface area contributed by atoms with Gasteiger partial charge in [-0.1, -0.05) is 0 Å². The van der Waals surface area contributed by atoms with Crippen molar-refractivity contribution >= 4 is 12.4 Å². The van der Waals surface area contributed by atoms with Crippen LogP contribution in [0.2, 0.25) is 0 Å². The second-order valence-electron chi connectivity index (χ2n) is 2.02. The first-order valence-electron chi connectivity index (χ1n) is 2.10. The summed E-state index contributed by atoms with van der Waals surface area (Å²) in [4.78, 5) is 0. The molecule has 0 spiro atoms. The molecule has 0 aromatic heterocycles. The summed E-state index contributed by atoms with van der Waals surface area (Å²) in [6.07, 6.45) is 0. The Morgan fingerprint density at radius 3 is 1.86 bits per heavy atom. The highest BCUT2D eigenvalue weighted by Crippen LogP contribution is 2.12. The van der Waals surface area contributed by atoms with Gasteiger partial charge in [0.2, 0.25) is 0 Å². The second kappa shape index (κ2) is 1.97. The van der Waals surface area contributed by atoms with Gasteiger partial charge in [0.05, 0.1) is 0 Å². The van der Waals surface area contributed by atoms with Crippen LogP contribution in [0, 0.1) is 0 Å². The van der Waals surface area contributed by atoms with E-state index in [1.807, 2.05) is 0 Å². The van der Waals surface area contributed by atoms with Crippen molar-refractivity contribution < 1.29 is 4.39 Å². The van der Waals surface area contributed by atoms with E-state index in [2.05, 4.69) is 5.32 Å². The third-order valence-electron chi connectivity index (χ3n) is 0.987. The van der Waals surface area contributed by atoms with Crippen LogP contribution in [0.5, 0.6) is 0 Å². The fourth-order valence-electron chi connectivity index (χ4n) is 0.469. The van der Waals surface area contributed by atoms with Crippen LogP contribution in [-0.4, -0.2) is 18.8 Å². The van der Waals surface area contributed by atoms with Crippen LogP contribution in [0.3, 0.4) is 0 Å². The Bertz CT molecular complexity index is 58.7. The number of alkyl halides is 1. The fraction of sp³-hybridized carbons (Fsp3) is 1.00. The fourth-order valence-corrected chi connectivity index (χ4v) is 0.469. The van der Waals surface area contributed by atoms with Crippen LogP contribution in [0.4, 0.5) is 4.39 Å². The maximum atomic E-state index is 12.1. The van der Waals surface area contributed by atoms with Gasteiger partial charge in [-0.05, 0) is 6.92 Å². The lowest BCUT2D eigenvalue weighted by molar-refractivity contribution is 0.113. The summed E-state index contributed by atoms with van der Waals surface area (Å²) in [6, 6.07) is 0. The number of hydrogen-bond donors (Lipinski definition) is 1. The molecule has 1 heterocycles. The largest absolute Gasteiger partial charge is 0.310 e. The topological polar surface area (TPSA) is 12.0 Å². The Labute approximate surface area is 48.7 Å². The first kappa shape index (κ1) is 7.18. The third kappa shape index (κ3) is 1.61. The summed E-state index contributed by atoms with van der Waals surface area (Å²) < 4.78 is 12.1. The molecule has 0 radical (unpaired) electrons. The molecular weight excluding hydrogens is 117 g/mol. The van der Waals surface area contributed by atoms with Gasteiger partial charge in [-0.15, -0.1) is 12.4 Å². The van der Waals surface area contributed by atoms with Crippen LogP contribution in [0.1, 0.15) is 6.92 Å². The Morgan fingerprint density at radius 1 is 1.57 bits per heavy atom. The van der Waals surface area contributed by atoms with Gasteiger partial charge in [-0.3, -0.25) is 0 Å². The van der Waals surface area contributed by atoms with E-state index in [-0.39, 0.29) is 12.4 Å². The summed E-state index contributed by atoms with van der Waals surface area (Å²) >= 11 is 0. The number of rotatable bonds is 0. The zero-order chi connectivity index (χ0) is 4.62. The molecule has 0 saturated carbocycles. The van der Waals surface area contributed by atoms with Crippen molar-refractivity contribution in [3.05, 3.63) is 0 Å². The Balaban J connectivity index is 0.000000360. The quantitative estimate of drug-likeness (QED) is 0.504. The van der Waals surface area contributed by atoms with E-state index in [1.165, 1.54) is 0 Å². The minimum Gasteiger partial charge on any atom is -0.310 e. The van der Waals surface area contributed by atoms with Crippen molar-refractivity contribution in [2.24, 2.45) is 0 Å². The lowest BCUT2D eigenvalue weighted by Gasteiger charge is -2.30. The molecule has 0 atom stereocenters. The lowest BCUT2D eigenvalue weighted by Crippen LogP contribution is -2.53. The Kier molecular flexibility index (Phi) is 2.02. The summed E-state index contributed by atoms with van der Waals surface area (Å²) in [5.41, 5.74) is -0.889. The molecule has 1 saturated heterocycles. The second-order valence-corrected chi connectivity index (χ2v) is 2.02. The summed E-state index contributed by atoms with van der Waals surface area (Å²) in [5.74, 6) is 0. The van der Waals surface area contributed by atoms with E-state index in [0.717, 1.165) is 0 Å². The molecule has 3 heteroatoms. The predicted octanol–water partition coefficient (Wildman–Crippen LogP) is 0.740. The van der Waals surface area contributed by atoms with Crippen LogP contribution in [-0.2, 0) is 0 Å². The molecule has 0 amide bonds. The molecular formula is C4H9ClFN. The lowest BCUT2D eigenvalue weighted by atomic mass is 10.0. The molecule has 0 unspecified atom stereocenters. The van der Waals surface area contributed by atoms with E-state index in [4.69, 9.17) is 0 Å². The molecule has 0 aromatic rings. The van der Waals surface area contributed by atoms with Crippen molar-refractivity contribution in [2.45, 2.75) is 12.6 Å². The zero-order valence-corrected chi connectivity index (χ0v) is 5.02. The van der Waals surface area contributed by atoms with Crippen molar-refractivity contribution in [1.29, 1.82) is 0 Å². The van der Waals surface area contributed by atoms with Gasteiger partial charge in [0.25, 0.3) is 0 Å². The van der Waals surface area contributed by atoms with Crippen molar-refractivity contribution in [3.8, 4) is 0 Å². The molecule has 1 aliphatic rings. The molecule has 1 rings (SSSR count). The molecule has 0 aliphatic carbocycles. The third-order valence-corrected chi connectivity index (χ3v) is 0.987. The molecule has 0 bridgehead atoms. The van der Waals surface area contributed by atoms with Crippen molar-refractivity contribution in [1.82, 2.24) is 5.32 Å². The van der Waals surface area contributed by atoms with Crippen molar-refractivity contribution in [3.63, 3.8) is 0 Å². The van der Waals surface area contributed by atoms with Crippen molar-refractivity contribution in [2.75, 3.05) is 13.1 Å².